The molecule has 2 aromatic rings. The first-order valence-corrected chi connectivity index (χ1v) is 7.17. The fourth-order valence-corrected chi connectivity index (χ4v) is 2.84. The van der Waals surface area contributed by atoms with Crippen LogP contribution in [0.25, 0.3) is 0 Å². The molecule has 0 aliphatic carbocycles. The van der Waals surface area contributed by atoms with Gasteiger partial charge in [0.05, 0.1) is 38.0 Å². The van der Waals surface area contributed by atoms with Crippen LogP contribution in [0.3, 0.4) is 0 Å². The second-order valence-corrected chi connectivity index (χ2v) is 5.70. The Labute approximate surface area is 142 Å². The zero-order chi connectivity index (χ0) is 18.8. The summed E-state index contributed by atoms with van der Waals surface area (Å²) in [6, 6.07) is 7.15. The van der Waals surface area contributed by atoms with Crippen molar-refractivity contribution in [2.24, 2.45) is 0 Å². The number of nitro groups is 2. The van der Waals surface area contributed by atoms with Gasteiger partial charge in [0.1, 0.15) is 0 Å². The minimum absolute atomic E-state index is 0.00304. The van der Waals surface area contributed by atoms with Crippen LogP contribution in [0.2, 0.25) is 0 Å². The first-order valence-electron chi connectivity index (χ1n) is 6.35. The lowest BCUT2D eigenvalue weighted by Gasteiger charge is -2.10. The fraction of sp³-hybridized carbons (Fsp3) is 0.0714. The first kappa shape index (κ1) is 18.2. The Bertz CT molecular complexity index is 909. The Morgan fingerprint density at radius 2 is 1.72 bits per heavy atom. The molecule has 0 saturated carbocycles. The van der Waals surface area contributed by atoms with Crippen LogP contribution in [0.4, 0.5) is 24.5 Å². The lowest BCUT2D eigenvalue weighted by atomic mass is 10.1. The Hall–Kier alpha value is -3.13. The van der Waals surface area contributed by atoms with Crippen LogP contribution in [0.1, 0.15) is 11.1 Å². The lowest BCUT2D eigenvalue weighted by molar-refractivity contribution is -0.396. The fourth-order valence-electron chi connectivity index (χ4n) is 1.89. The number of alkyl halides is 3. The van der Waals surface area contributed by atoms with Crippen LogP contribution >= 0.6 is 11.8 Å². The molecular formula is C14H6F3N3O4S. The average molecular weight is 369 g/mol. The Kier molecular flexibility index (Phi) is 4.94. The monoisotopic (exact) mass is 369 g/mol. The highest BCUT2D eigenvalue weighted by Crippen LogP contribution is 2.40. The van der Waals surface area contributed by atoms with Gasteiger partial charge in [0, 0.05) is 11.0 Å². The van der Waals surface area contributed by atoms with E-state index >= 15 is 0 Å². The van der Waals surface area contributed by atoms with Gasteiger partial charge in [0.2, 0.25) is 0 Å². The third-order valence-electron chi connectivity index (χ3n) is 2.99. The molecule has 0 heterocycles. The van der Waals surface area contributed by atoms with Gasteiger partial charge in [-0.15, -0.1) is 0 Å². The molecule has 2 aromatic carbocycles. The number of hydrogen-bond acceptors (Lipinski definition) is 6. The van der Waals surface area contributed by atoms with E-state index in [0.717, 1.165) is 24.3 Å². The number of halogens is 3. The summed E-state index contributed by atoms with van der Waals surface area (Å²) in [5.74, 6) is 0. The minimum atomic E-state index is -4.76. The van der Waals surface area contributed by atoms with E-state index in [4.69, 9.17) is 5.26 Å². The van der Waals surface area contributed by atoms with Crippen molar-refractivity contribution in [2.75, 3.05) is 0 Å². The smallest absolute Gasteiger partial charge is 0.258 e. The van der Waals surface area contributed by atoms with Crippen molar-refractivity contribution in [3.63, 3.8) is 0 Å². The largest absolute Gasteiger partial charge is 0.417 e. The number of nitro benzene ring substituents is 2. The molecule has 0 aliphatic heterocycles. The third-order valence-corrected chi connectivity index (χ3v) is 4.05. The van der Waals surface area contributed by atoms with Gasteiger partial charge in [-0.25, -0.2) is 0 Å². The molecule has 0 amide bonds. The van der Waals surface area contributed by atoms with Crippen LogP contribution in [0.5, 0.6) is 0 Å². The molecule has 0 bridgehead atoms. The van der Waals surface area contributed by atoms with Gasteiger partial charge < -0.3 is 0 Å². The summed E-state index contributed by atoms with van der Waals surface area (Å²) < 4.78 is 38.9. The molecule has 0 atom stereocenters. The molecule has 0 fully saturated rings. The van der Waals surface area contributed by atoms with Gasteiger partial charge in [-0.3, -0.25) is 20.2 Å². The van der Waals surface area contributed by atoms with Crippen molar-refractivity contribution in [3.05, 3.63) is 67.8 Å². The maximum absolute atomic E-state index is 13.0. The van der Waals surface area contributed by atoms with Crippen molar-refractivity contribution < 1.29 is 23.0 Å². The molecule has 0 saturated heterocycles. The van der Waals surface area contributed by atoms with Gasteiger partial charge in [0.25, 0.3) is 11.4 Å². The molecular weight excluding hydrogens is 363 g/mol. The van der Waals surface area contributed by atoms with E-state index in [1.807, 2.05) is 0 Å². The van der Waals surface area contributed by atoms with Crippen LogP contribution in [-0.2, 0) is 6.18 Å². The van der Waals surface area contributed by atoms with E-state index in [2.05, 4.69) is 0 Å². The minimum Gasteiger partial charge on any atom is -0.258 e. The van der Waals surface area contributed by atoms with Gasteiger partial charge in [-0.2, -0.15) is 18.4 Å². The topological polar surface area (TPSA) is 110 Å². The molecule has 0 unspecified atom stereocenters. The molecule has 0 aromatic heterocycles. The Morgan fingerprint density at radius 1 is 1.04 bits per heavy atom. The number of non-ortho nitro benzene ring substituents is 1. The summed E-state index contributed by atoms with van der Waals surface area (Å²) in [5.41, 5.74) is -2.84. The number of nitrogens with zero attached hydrogens (tertiary/aromatic N) is 3. The number of hydrogen-bond donors (Lipinski definition) is 0. The maximum atomic E-state index is 13.0. The van der Waals surface area contributed by atoms with Gasteiger partial charge in [0.15, 0.2) is 0 Å². The van der Waals surface area contributed by atoms with Gasteiger partial charge in [-0.1, -0.05) is 11.8 Å². The van der Waals surface area contributed by atoms with Crippen molar-refractivity contribution in [1.82, 2.24) is 0 Å². The summed E-state index contributed by atoms with van der Waals surface area (Å²) in [6.07, 6.45) is -4.76. The van der Waals surface area contributed by atoms with Crippen LogP contribution in [0.15, 0.2) is 46.2 Å². The van der Waals surface area contributed by atoms with Crippen molar-refractivity contribution >= 4 is 23.1 Å². The van der Waals surface area contributed by atoms with Gasteiger partial charge in [-0.05, 0) is 24.3 Å². The second-order valence-electron chi connectivity index (χ2n) is 4.59. The Balaban J connectivity index is 2.48. The normalized spacial score (nSPS) is 11.0. The molecule has 2 rings (SSSR count). The highest BCUT2D eigenvalue weighted by molar-refractivity contribution is 7.99. The summed E-state index contributed by atoms with van der Waals surface area (Å²) in [5, 5.41) is 30.5. The number of rotatable bonds is 4. The molecule has 0 spiro atoms. The standard InChI is InChI=1S/C14H6F3N3O4S/c15-14(16,17)11-6-10(3-1-8(11)7-18)25-13-4-2-9(19(21)22)5-12(13)20(23)24/h1-6H. The lowest BCUT2D eigenvalue weighted by Crippen LogP contribution is -2.07. The first-order chi connectivity index (χ1) is 11.6. The highest BCUT2D eigenvalue weighted by Gasteiger charge is 2.34. The second kappa shape index (κ2) is 6.78. The van der Waals surface area contributed by atoms with Gasteiger partial charge >= 0.3 is 6.18 Å². The molecule has 7 nitrogen and oxygen atoms in total. The number of benzene rings is 2. The third kappa shape index (κ3) is 4.04. The van der Waals surface area contributed by atoms with Crippen molar-refractivity contribution in [1.29, 1.82) is 5.26 Å². The van der Waals surface area contributed by atoms with E-state index in [0.29, 0.717) is 17.8 Å². The predicted octanol–water partition coefficient (Wildman–Crippen LogP) is 4.54. The highest BCUT2D eigenvalue weighted by atomic mass is 32.2. The SMILES string of the molecule is N#Cc1ccc(Sc2ccc([N+](=O)[O-])cc2[N+](=O)[O-])cc1C(F)(F)F. The maximum Gasteiger partial charge on any atom is 0.417 e. The molecule has 0 radical (unpaired) electrons. The van der Waals surface area contributed by atoms with Crippen molar-refractivity contribution in [3.8, 4) is 6.07 Å². The molecule has 128 valence electrons. The van der Waals surface area contributed by atoms with Crippen LogP contribution in [-0.4, -0.2) is 9.85 Å². The summed E-state index contributed by atoms with van der Waals surface area (Å²) in [7, 11) is 0. The zero-order valence-corrected chi connectivity index (χ0v) is 12.8. The van der Waals surface area contributed by atoms with E-state index < -0.39 is 38.5 Å². The molecule has 11 heteroatoms. The quantitative estimate of drug-likeness (QED) is 0.578. The average Bonchev–Trinajstić information content (AvgIpc) is 2.53. The van der Waals surface area contributed by atoms with E-state index in [9.17, 15) is 33.4 Å². The van der Waals surface area contributed by atoms with E-state index in [1.54, 1.807) is 0 Å². The zero-order valence-electron chi connectivity index (χ0n) is 12.0. The molecule has 0 N–H and O–H groups in total. The van der Waals surface area contributed by atoms with E-state index in [1.165, 1.54) is 12.1 Å². The molecule has 0 aliphatic rings. The summed E-state index contributed by atoms with van der Waals surface area (Å²) in [6.45, 7) is 0. The van der Waals surface area contributed by atoms with Crippen LogP contribution < -0.4 is 0 Å². The summed E-state index contributed by atoms with van der Waals surface area (Å²) >= 11 is 0.639. The summed E-state index contributed by atoms with van der Waals surface area (Å²) in [4.78, 5) is 20.0. The van der Waals surface area contributed by atoms with Crippen LogP contribution in [0, 0.1) is 31.6 Å². The predicted molar refractivity (Wildman–Crippen MR) is 80.0 cm³/mol. The Morgan fingerprint density at radius 3 is 2.24 bits per heavy atom. The molecule has 25 heavy (non-hydrogen) atoms. The van der Waals surface area contributed by atoms with Crippen molar-refractivity contribution in [2.45, 2.75) is 16.0 Å². The van der Waals surface area contributed by atoms with E-state index in [-0.39, 0.29) is 9.79 Å². The number of nitriles is 1.